The molecule has 1 N–H and O–H groups in total. The minimum absolute atomic E-state index is 0.336. The van der Waals surface area contributed by atoms with Gasteiger partial charge in [0.2, 0.25) is 17.3 Å². The SMILES string of the molecule is Cc1ccc([C@@H]2Nc3ccccc3-c3nnc(SCc4ccc(Cl)cc4)nc3O2)s1. The number of anilines is 1. The Morgan fingerprint density at radius 2 is 1.90 bits per heavy atom. The van der Waals surface area contributed by atoms with Crippen LogP contribution in [0.5, 0.6) is 5.88 Å². The van der Waals surface area contributed by atoms with Crippen LogP contribution in [0.25, 0.3) is 11.3 Å². The Labute approximate surface area is 187 Å². The maximum absolute atomic E-state index is 6.30. The maximum Gasteiger partial charge on any atom is 0.247 e. The summed E-state index contributed by atoms with van der Waals surface area (Å²) in [5.41, 5.74) is 3.66. The number of nitrogens with zero attached hydrogens (tertiary/aromatic N) is 3. The number of para-hydroxylation sites is 1. The molecule has 0 amide bonds. The molecule has 3 heterocycles. The third kappa shape index (κ3) is 4.01. The van der Waals surface area contributed by atoms with E-state index in [0.717, 1.165) is 32.5 Å². The van der Waals surface area contributed by atoms with Gasteiger partial charge in [0, 0.05) is 26.9 Å². The van der Waals surface area contributed by atoms with Crippen LogP contribution in [0.3, 0.4) is 0 Å². The molecule has 1 aliphatic rings. The first-order valence-electron chi connectivity index (χ1n) is 9.36. The third-order valence-electron chi connectivity index (χ3n) is 4.63. The Hall–Kier alpha value is -2.61. The molecule has 1 atom stereocenters. The smallest absolute Gasteiger partial charge is 0.247 e. The van der Waals surface area contributed by atoms with E-state index in [9.17, 15) is 0 Å². The molecule has 0 saturated heterocycles. The van der Waals surface area contributed by atoms with Gasteiger partial charge in [0.15, 0.2) is 5.69 Å². The zero-order valence-electron chi connectivity index (χ0n) is 16.0. The number of thiophene rings is 1. The number of hydrogen-bond donors (Lipinski definition) is 1. The highest BCUT2D eigenvalue weighted by Crippen LogP contribution is 2.40. The quantitative estimate of drug-likeness (QED) is 0.363. The van der Waals surface area contributed by atoms with Crippen LogP contribution >= 0.6 is 34.7 Å². The molecular weight excluding hydrogens is 436 g/mol. The number of aryl methyl sites for hydroxylation is 1. The average Bonchev–Trinajstić information content (AvgIpc) is 3.12. The lowest BCUT2D eigenvalue weighted by atomic mass is 10.1. The number of aromatic nitrogens is 3. The van der Waals surface area contributed by atoms with Gasteiger partial charge in [0.25, 0.3) is 0 Å². The van der Waals surface area contributed by atoms with E-state index in [2.05, 4.69) is 34.6 Å². The second kappa shape index (κ2) is 8.26. The van der Waals surface area contributed by atoms with Gasteiger partial charge in [-0.2, -0.15) is 4.98 Å². The highest BCUT2D eigenvalue weighted by molar-refractivity contribution is 7.98. The van der Waals surface area contributed by atoms with Crippen molar-refractivity contribution in [1.29, 1.82) is 0 Å². The topological polar surface area (TPSA) is 59.9 Å². The number of benzene rings is 2. The molecule has 2 aromatic carbocycles. The van der Waals surface area contributed by atoms with Gasteiger partial charge in [-0.05, 0) is 42.8 Å². The van der Waals surface area contributed by atoms with Crippen molar-refractivity contribution in [1.82, 2.24) is 15.2 Å². The van der Waals surface area contributed by atoms with Gasteiger partial charge in [-0.1, -0.05) is 53.7 Å². The first-order valence-corrected chi connectivity index (χ1v) is 11.5. The van der Waals surface area contributed by atoms with Crippen molar-refractivity contribution in [2.24, 2.45) is 0 Å². The number of hydrogen-bond acceptors (Lipinski definition) is 7. The zero-order chi connectivity index (χ0) is 20.5. The van der Waals surface area contributed by atoms with Gasteiger partial charge < -0.3 is 10.1 Å². The lowest BCUT2D eigenvalue weighted by molar-refractivity contribution is 0.229. The molecule has 5 rings (SSSR count). The molecule has 0 fully saturated rings. The van der Waals surface area contributed by atoms with Crippen LogP contribution in [0.2, 0.25) is 5.02 Å². The zero-order valence-corrected chi connectivity index (χ0v) is 18.4. The summed E-state index contributed by atoms with van der Waals surface area (Å²) in [4.78, 5) is 7.01. The molecule has 8 heteroatoms. The monoisotopic (exact) mass is 452 g/mol. The van der Waals surface area contributed by atoms with Crippen molar-refractivity contribution >= 4 is 40.4 Å². The van der Waals surface area contributed by atoms with Crippen LogP contribution in [-0.4, -0.2) is 15.2 Å². The second-order valence-electron chi connectivity index (χ2n) is 6.80. The molecule has 150 valence electrons. The van der Waals surface area contributed by atoms with Crippen LogP contribution in [0.1, 0.15) is 21.5 Å². The summed E-state index contributed by atoms with van der Waals surface area (Å²) in [5.74, 6) is 1.21. The fraction of sp³-hybridized carbons (Fsp3) is 0.136. The summed E-state index contributed by atoms with van der Waals surface area (Å²) < 4.78 is 6.30. The molecule has 1 aliphatic heterocycles. The molecule has 0 saturated carbocycles. The standard InChI is InChI=1S/C22H17ClN4OS2/c1-13-6-11-18(30-13)20-24-17-5-3-2-4-16(17)19-21(28-20)25-22(27-26-19)29-12-14-7-9-15(23)10-8-14/h2-11,20,24H,12H2,1H3/t20-/m1/s1. The van der Waals surface area contributed by atoms with Gasteiger partial charge >= 0.3 is 0 Å². The first kappa shape index (κ1) is 19.4. The van der Waals surface area contributed by atoms with Gasteiger partial charge in [0.05, 0.1) is 4.88 Å². The molecule has 0 unspecified atom stereocenters. The molecular formula is C22H17ClN4OS2. The maximum atomic E-state index is 6.30. The molecule has 0 radical (unpaired) electrons. The molecule has 0 bridgehead atoms. The summed E-state index contributed by atoms with van der Waals surface area (Å²) >= 11 is 9.18. The van der Waals surface area contributed by atoms with Crippen LogP contribution < -0.4 is 10.1 Å². The second-order valence-corrected chi connectivity index (χ2v) is 9.50. The molecule has 0 aliphatic carbocycles. The fourth-order valence-corrected chi connectivity index (χ4v) is 4.88. The van der Waals surface area contributed by atoms with E-state index in [1.54, 1.807) is 11.3 Å². The molecule has 0 spiro atoms. The molecule has 4 aromatic rings. The van der Waals surface area contributed by atoms with Crippen molar-refractivity contribution in [2.75, 3.05) is 5.32 Å². The largest absolute Gasteiger partial charge is 0.447 e. The minimum atomic E-state index is -0.336. The van der Waals surface area contributed by atoms with E-state index in [0.29, 0.717) is 16.7 Å². The van der Waals surface area contributed by atoms with Crippen molar-refractivity contribution in [3.8, 4) is 17.1 Å². The predicted octanol–water partition coefficient (Wildman–Crippen LogP) is 6.36. The van der Waals surface area contributed by atoms with Crippen molar-refractivity contribution in [3.05, 3.63) is 81.0 Å². The lowest BCUT2D eigenvalue weighted by Crippen LogP contribution is -2.15. The summed E-state index contributed by atoms with van der Waals surface area (Å²) in [5, 5.41) is 13.6. The normalized spacial score (nSPS) is 14.8. The minimum Gasteiger partial charge on any atom is -0.447 e. The van der Waals surface area contributed by atoms with E-state index >= 15 is 0 Å². The lowest BCUT2D eigenvalue weighted by Gasteiger charge is -2.17. The van der Waals surface area contributed by atoms with E-state index in [1.807, 2.05) is 48.5 Å². The van der Waals surface area contributed by atoms with Crippen molar-refractivity contribution in [3.63, 3.8) is 0 Å². The van der Waals surface area contributed by atoms with Crippen molar-refractivity contribution < 1.29 is 4.74 Å². The Bertz CT molecular complexity index is 1200. The fourth-order valence-electron chi connectivity index (χ4n) is 3.16. The van der Waals surface area contributed by atoms with Crippen molar-refractivity contribution in [2.45, 2.75) is 24.1 Å². The predicted molar refractivity (Wildman–Crippen MR) is 122 cm³/mol. The van der Waals surface area contributed by atoms with Gasteiger partial charge in [-0.15, -0.1) is 21.5 Å². The summed E-state index contributed by atoms with van der Waals surface area (Å²) in [7, 11) is 0. The molecule has 2 aromatic heterocycles. The van der Waals surface area contributed by atoms with Crippen LogP contribution in [-0.2, 0) is 5.75 Å². The van der Waals surface area contributed by atoms with Gasteiger partial charge in [-0.3, -0.25) is 0 Å². The number of ether oxygens (including phenoxy) is 1. The Morgan fingerprint density at radius 1 is 1.07 bits per heavy atom. The van der Waals surface area contributed by atoms with Gasteiger partial charge in [0.1, 0.15) is 0 Å². The van der Waals surface area contributed by atoms with Crippen LogP contribution in [0.4, 0.5) is 5.69 Å². The number of halogens is 1. The van der Waals surface area contributed by atoms with E-state index in [1.165, 1.54) is 16.6 Å². The highest BCUT2D eigenvalue weighted by atomic mass is 35.5. The van der Waals surface area contributed by atoms with Crippen LogP contribution in [0, 0.1) is 6.92 Å². The molecule has 30 heavy (non-hydrogen) atoms. The summed E-state index contributed by atoms with van der Waals surface area (Å²) in [6.45, 7) is 2.09. The number of nitrogens with one attached hydrogen (secondary N) is 1. The average molecular weight is 453 g/mol. The highest BCUT2D eigenvalue weighted by Gasteiger charge is 2.26. The Kier molecular flexibility index (Phi) is 5.33. The summed E-state index contributed by atoms with van der Waals surface area (Å²) in [6.07, 6.45) is -0.336. The van der Waals surface area contributed by atoms with E-state index in [4.69, 9.17) is 21.3 Å². The number of fused-ring (bicyclic) bond motifs is 3. The number of rotatable bonds is 4. The molecule has 5 nitrogen and oxygen atoms in total. The summed E-state index contributed by atoms with van der Waals surface area (Å²) in [6, 6.07) is 19.9. The number of thioether (sulfide) groups is 1. The van der Waals surface area contributed by atoms with Crippen LogP contribution in [0.15, 0.2) is 65.8 Å². The Balaban J connectivity index is 1.47. The Morgan fingerprint density at radius 3 is 2.70 bits per heavy atom. The first-order chi connectivity index (χ1) is 14.7. The van der Waals surface area contributed by atoms with Gasteiger partial charge in [-0.25, -0.2) is 0 Å². The van der Waals surface area contributed by atoms with E-state index < -0.39 is 0 Å². The van der Waals surface area contributed by atoms with E-state index in [-0.39, 0.29) is 6.23 Å². The third-order valence-corrected chi connectivity index (χ3v) is 6.84.